The van der Waals surface area contributed by atoms with Crippen LogP contribution in [0, 0.1) is 0 Å². The zero-order valence-corrected chi connectivity index (χ0v) is 10.8. The Morgan fingerprint density at radius 2 is 1.94 bits per heavy atom. The van der Waals surface area contributed by atoms with E-state index in [1.54, 1.807) is 0 Å². The molecule has 0 aromatic heterocycles. The summed E-state index contributed by atoms with van der Waals surface area (Å²) in [4.78, 5) is 11.5. The third-order valence-electron chi connectivity index (χ3n) is 2.28. The van der Waals surface area contributed by atoms with E-state index in [-0.39, 0.29) is 11.9 Å². The lowest BCUT2D eigenvalue weighted by Gasteiger charge is -2.13. The zero-order valence-electron chi connectivity index (χ0n) is 10.8. The highest BCUT2D eigenvalue weighted by atomic mass is 16.5. The van der Waals surface area contributed by atoms with Crippen LogP contribution in [0.1, 0.15) is 40.0 Å². The van der Waals surface area contributed by atoms with E-state index in [9.17, 15) is 4.79 Å². The highest BCUT2D eigenvalue weighted by molar-refractivity contribution is 5.81. The largest absolute Gasteiger partial charge is 0.380 e. The molecular weight excluding hydrogens is 204 g/mol. The molecule has 0 heterocycles. The molecule has 0 spiro atoms. The minimum absolute atomic E-state index is 0.0652. The predicted octanol–water partition coefficient (Wildman–Crippen LogP) is 1.31. The molecule has 16 heavy (non-hydrogen) atoms. The van der Waals surface area contributed by atoms with E-state index >= 15 is 0 Å². The van der Waals surface area contributed by atoms with Crippen LogP contribution in [0.2, 0.25) is 0 Å². The fourth-order valence-electron chi connectivity index (χ4n) is 1.19. The van der Waals surface area contributed by atoms with Crippen molar-refractivity contribution in [3.05, 3.63) is 0 Å². The fourth-order valence-corrected chi connectivity index (χ4v) is 1.19. The topological polar surface area (TPSA) is 50.4 Å². The van der Waals surface area contributed by atoms with Crippen LogP contribution in [0.3, 0.4) is 0 Å². The van der Waals surface area contributed by atoms with Gasteiger partial charge in [0.1, 0.15) is 0 Å². The Labute approximate surface area is 99.1 Å². The van der Waals surface area contributed by atoms with Crippen molar-refractivity contribution in [2.75, 3.05) is 26.3 Å². The van der Waals surface area contributed by atoms with E-state index in [0.717, 1.165) is 39.0 Å². The third-order valence-corrected chi connectivity index (χ3v) is 2.28. The zero-order chi connectivity index (χ0) is 12.2. The maximum absolute atomic E-state index is 11.5. The molecule has 96 valence electrons. The van der Waals surface area contributed by atoms with E-state index in [1.807, 2.05) is 13.8 Å². The number of rotatable bonds is 10. The summed E-state index contributed by atoms with van der Waals surface area (Å²) in [5, 5.41) is 5.98. The van der Waals surface area contributed by atoms with E-state index in [0.29, 0.717) is 6.61 Å². The molecule has 0 aliphatic heterocycles. The van der Waals surface area contributed by atoms with Gasteiger partial charge in [-0.25, -0.2) is 0 Å². The van der Waals surface area contributed by atoms with Crippen molar-refractivity contribution in [2.24, 2.45) is 0 Å². The van der Waals surface area contributed by atoms with Crippen molar-refractivity contribution >= 4 is 5.91 Å². The lowest BCUT2D eigenvalue weighted by Crippen LogP contribution is -2.43. The summed E-state index contributed by atoms with van der Waals surface area (Å²) < 4.78 is 5.39. The number of unbranched alkanes of at least 4 members (excludes halogenated alkanes) is 1. The normalized spacial score (nSPS) is 12.4. The average Bonchev–Trinajstić information content (AvgIpc) is 2.30. The van der Waals surface area contributed by atoms with Crippen molar-refractivity contribution in [2.45, 2.75) is 46.1 Å². The maximum Gasteiger partial charge on any atom is 0.236 e. The van der Waals surface area contributed by atoms with Crippen LogP contribution in [0.5, 0.6) is 0 Å². The van der Waals surface area contributed by atoms with E-state index < -0.39 is 0 Å². The predicted molar refractivity (Wildman–Crippen MR) is 66.5 cm³/mol. The van der Waals surface area contributed by atoms with Crippen molar-refractivity contribution in [3.63, 3.8) is 0 Å². The minimum Gasteiger partial charge on any atom is -0.380 e. The highest BCUT2D eigenvalue weighted by Crippen LogP contribution is 1.87. The van der Waals surface area contributed by atoms with Crippen molar-refractivity contribution in [1.82, 2.24) is 10.6 Å². The number of hydrogen-bond donors (Lipinski definition) is 2. The van der Waals surface area contributed by atoms with E-state index in [1.165, 1.54) is 0 Å². The van der Waals surface area contributed by atoms with Gasteiger partial charge < -0.3 is 15.4 Å². The molecule has 0 saturated carbocycles. The van der Waals surface area contributed by atoms with E-state index in [4.69, 9.17) is 4.74 Å². The first-order valence-electron chi connectivity index (χ1n) is 6.31. The van der Waals surface area contributed by atoms with Gasteiger partial charge in [0.15, 0.2) is 0 Å². The van der Waals surface area contributed by atoms with Crippen molar-refractivity contribution in [3.8, 4) is 0 Å². The average molecular weight is 230 g/mol. The molecule has 2 N–H and O–H groups in total. The Morgan fingerprint density at radius 1 is 1.19 bits per heavy atom. The molecule has 1 amide bonds. The molecule has 0 bridgehead atoms. The molecule has 0 fully saturated rings. The van der Waals surface area contributed by atoms with Gasteiger partial charge in [0.25, 0.3) is 0 Å². The van der Waals surface area contributed by atoms with Crippen LogP contribution in [-0.2, 0) is 9.53 Å². The molecule has 4 heteroatoms. The molecular formula is C12H26N2O2. The summed E-state index contributed by atoms with van der Waals surface area (Å²) in [5.41, 5.74) is 0. The van der Waals surface area contributed by atoms with Crippen LogP contribution in [0.15, 0.2) is 0 Å². The van der Waals surface area contributed by atoms with E-state index in [2.05, 4.69) is 17.6 Å². The third kappa shape index (κ3) is 8.68. The summed E-state index contributed by atoms with van der Waals surface area (Å²) in [5.74, 6) is 0.0652. The molecule has 0 rings (SSSR count). The summed E-state index contributed by atoms with van der Waals surface area (Å²) in [6.07, 6.45) is 3.23. The summed E-state index contributed by atoms with van der Waals surface area (Å²) >= 11 is 0. The first-order chi connectivity index (χ1) is 7.72. The van der Waals surface area contributed by atoms with Crippen LogP contribution < -0.4 is 10.6 Å². The second kappa shape index (κ2) is 10.9. The molecule has 0 aliphatic rings. The molecule has 0 radical (unpaired) electrons. The number of amides is 1. The number of hydrogen-bond acceptors (Lipinski definition) is 3. The molecule has 0 aromatic carbocycles. The Balaban J connectivity index is 3.35. The van der Waals surface area contributed by atoms with Gasteiger partial charge in [-0.1, -0.05) is 20.3 Å². The first-order valence-corrected chi connectivity index (χ1v) is 6.31. The Bertz CT molecular complexity index is 174. The van der Waals surface area contributed by atoms with Gasteiger partial charge in [0.2, 0.25) is 5.91 Å². The van der Waals surface area contributed by atoms with Crippen molar-refractivity contribution < 1.29 is 9.53 Å². The molecule has 4 nitrogen and oxygen atoms in total. The van der Waals surface area contributed by atoms with Gasteiger partial charge >= 0.3 is 0 Å². The molecule has 0 saturated heterocycles. The maximum atomic E-state index is 11.5. The second-order valence-corrected chi connectivity index (χ2v) is 3.93. The Kier molecular flexibility index (Phi) is 10.5. The van der Waals surface area contributed by atoms with Gasteiger partial charge in [0, 0.05) is 19.7 Å². The Hall–Kier alpha value is -0.610. The van der Waals surface area contributed by atoms with Gasteiger partial charge in [-0.05, 0) is 19.8 Å². The Morgan fingerprint density at radius 3 is 2.56 bits per heavy atom. The molecule has 0 aliphatic carbocycles. The monoisotopic (exact) mass is 230 g/mol. The number of ether oxygens (including phenoxy) is 1. The van der Waals surface area contributed by atoms with Gasteiger partial charge in [-0.3, -0.25) is 4.79 Å². The molecule has 1 atom stereocenters. The molecule has 1 unspecified atom stereocenters. The number of carbonyl (C=O) groups excluding carboxylic acids is 1. The molecule has 0 aromatic rings. The van der Waals surface area contributed by atoms with Gasteiger partial charge in [-0.2, -0.15) is 0 Å². The number of carbonyl (C=O) groups is 1. The second-order valence-electron chi connectivity index (χ2n) is 3.93. The summed E-state index contributed by atoms with van der Waals surface area (Å²) in [6, 6.07) is -0.138. The lowest BCUT2D eigenvalue weighted by atomic mass is 10.3. The van der Waals surface area contributed by atoms with Crippen LogP contribution in [0.4, 0.5) is 0 Å². The highest BCUT2D eigenvalue weighted by Gasteiger charge is 2.09. The van der Waals surface area contributed by atoms with Crippen LogP contribution >= 0.6 is 0 Å². The lowest BCUT2D eigenvalue weighted by molar-refractivity contribution is -0.122. The fraction of sp³-hybridized carbons (Fsp3) is 0.917. The van der Waals surface area contributed by atoms with Gasteiger partial charge in [0.05, 0.1) is 12.6 Å². The summed E-state index contributed by atoms with van der Waals surface area (Å²) in [7, 11) is 0. The SMILES string of the molecule is CCCCOCCNC(C)C(=O)NCCC. The standard InChI is InChI=1S/C12H26N2O2/c1-4-6-9-16-10-8-13-11(3)12(15)14-7-5-2/h11,13H,4-10H2,1-3H3,(H,14,15). The minimum atomic E-state index is -0.138. The quantitative estimate of drug-likeness (QED) is 0.556. The number of nitrogens with one attached hydrogen (secondary N) is 2. The van der Waals surface area contributed by atoms with Crippen LogP contribution in [0.25, 0.3) is 0 Å². The van der Waals surface area contributed by atoms with Gasteiger partial charge in [-0.15, -0.1) is 0 Å². The summed E-state index contributed by atoms with van der Waals surface area (Å²) in [6.45, 7) is 9.01. The van der Waals surface area contributed by atoms with Crippen LogP contribution in [-0.4, -0.2) is 38.3 Å². The smallest absolute Gasteiger partial charge is 0.236 e. The first kappa shape index (κ1) is 15.4. The van der Waals surface area contributed by atoms with Crippen molar-refractivity contribution in [1.29, 1.82) is 0 Å².